The number of thiocarbonyl (C=S) groups is 1. The van der Waals surface area contributed by atoms with Crippen LogP contribution >= 0.6 is 12.2 Å². The zero-order chi connectivity index (χ0) is 21.6. The monoisotopic (exact) mass is 427 g/mol. The number of nitrogens with zero attached hydrogens (tertiary/aromatic N) is 1. The Kier molecular flexibility index (Phi) is 7.38. The Balaban J connectivity index is 2.10. The van der Waals surface area contributed by atoms with Crippen molar-refractivity contribution in [2.24, 2.45) is 0 Å². The number of rotatable bonds is 7. The van der Waals surface area contributed by atoms with Gasteiger partial charge in [0.25, 0.3) is 5.69 Å². The number of ether oxygens (including phenoxy) is 1. The number of nitro benzene ring substituents is 1. The van der Waals surface area contributed by atoms with Crippen molar-refractivity contribution in [3.63, 3.8) is 0 Å². The van der Waals surface area contributed by atoms with Gasteiger partial charge in [-0.15, -0.1) is 0 Å². The van der Waals surface area contributed by atoms with E-state index in [4.69, 9.17) is 12.2 Å². The lowest BCUT2D eigenvalue weighted by Gasteiger charge is -2.14. The fraction of sp³-hybridized carbons (Fsp3) is 0.316. The van der Waals surface area contributed by atoms with Crippen molar-refractivity contribution in [2.75, 3.05) is 17.2 Å². The van der Waals surface area contributed by atoms with Gasteiger partial charge in [0.1, 0.15) is 5.75 Å². The second kappa shape index (κ2) is 9.55. The summed E-state index contributed by atoms with van der Waals surface area (Å²) in [5.74, 6) is 0.133. The molecule has 0 bridgehead atoms. The van der Waals surface area contributed by atoms with Crippen molar-refractivity contribution in [2.45, 2.75) is 32.4 Å². The minimum Gasteiger partial charge on any atom is -0.484 e. The number of anilines is 2. The molecule has 29 heavy (non-hydrogen) atoms. The molecule has 2 aromatic carbocycles. The van der Waals surface area contributed by atoms with E-state index in [1.807, 2.05) is 24.3 Å². The molecule has 0 aliphatic carbocycles. The van der Waals surface area contributed by atoms with Gasteiger partial charge in [-0.3, -0.25) is 10.1 Å². The molecule has 0 saturated heterocycles. The van der Waals surface area contributed by atoms with Gasteiger partial charge in [0.05, 0.1) is 16.7 Å². The second-order valence-electron chi connectivity index (χ2n) is 6.39. The molecule has 2 N–H and O–H groups in total. The van der Waals surface area contributed by atoms with Crippen LogP contribution in [-0.4, -0.2) is 22.8 Å². The predicted octanol–water partition coefficient (Wildman–Crippen LogP) is 5.86. The van der Waals surface area contributed by atoms with Crippen LogP contribution in [0.5, 0.6) is 5.75 Å². The third-order valence-corrected chi connectivity index (χ3v) is 4.32. The first-order valence-corrected chi connectivity index (χ1v) is 9.15. The molecular formula is C19H20F3N3O3S. The lowest BCUT2D eigenvalue weighted by atomic mass is 9.99. The van der Waals surface area contributed by atoms with Gasteiger partial charge in [-0.25, -0.2) is 0 Å². The Morgan fingerprint density at radius 2 is 1.79 bits per heavy atom. The van der Waals surface area contributed by atoms with Crippen molar-refractivity contribution in [3.05, 3.63) is 58.1 Å². The normalized spacial score (nSPS) is 12.2. The number of hydrogen-bond donors (Lipinski definition) is 2. The van der Waals surface area contributed by atoms with Crippen molar-refractivity contribution in [1.82, 2.24) is 0 Å². The average molecular weight is 427 g/mol. The van der Waals surface area contributed by atoms with Crippen LogP contribution in [0.3, 0.4) is 0 Å². The van der Waals surface area contributed by atoms with Crippen LogP contribution in [0, 0.1) is 10.1 Å². The van der Waals surface area contributed by atoms with Crippen LogP contribution in [0.25, 0.3) is 0 Å². The Labute approximate surface area is 171 Å². The summed E-state index contributed by atoms with van der Waals surface area (Å²) in [4.78, 5) is 10.3. The summed E-state index contributed by atoms with van der Waals surface area (Å²) in [6, 6.07) is 10.9. The smallest absolute Gasteiger partial charge is 0.422 e. The van der Waals surface area contributed by atoms with Crippen LogP contribution in [0.15, 0.2) is 42.5 Å². The van der Waals surface area contributed by atoms with Gasteiger partial charge >= 0.3 is 6.18 Å². The molecule has 2 rings (SSSR count). The Morgan fingerprint density at radius 3 is 2.34 bits per heavy atom. The quantitative estimate of drug-likeness (QED) is 0.328. The van der Waals surface area contributed by atoms with Crippen molar-refractivity contribution < 1.29 is 22.8 Å². The molecule has 0 aromatic heterocycles. The average Bonchev–Trinajstić information content (AvgIpc) is 2.65. The van der Waals surface area contributed by atoms with E-state index >= 15 is 0 Å². The molecule has 0 radical (unpaired) electrons. The summed E-state index contributed by atoms with van der Waals surface area (Å²) < 4.78 is 41.7. The minimum absolute atomic E-state index is 0.128. The first kappa shape index (κ1) is 22.4. The zero-order valence-corrected chi connectivity index (χ0v) is 16.6. The van der Waals surface area contributed by atoms with Crippen LogP contribution < -0.4 is 15.4 Å². The molecule has 0 amide bonds. The highest BCUT2D eigenvalue weighted by atomic mass is 32.1. The summed E-state index contributed by atoms with van der Waals surface area (Å²) in [6.07, 6.45) is -3.55. The molecule has 6 nitrogen and oxygen atoms in total. The second-order valence-corrected chi connectivity index (χ2v) is 6.80. The largest absolute Gasteiger partial charge is 0.484 e. The van der Waals surface area contributed by atoms with E-state index in [-0.39, 0.29) is 16.5 Å². The van der Waals surface area contributed by atoms with Crippen LogP contribution in [0.1, 0.15) is 31.7 Å². The van der Waals surface area contributed by atoms with Gasteiger partial charge in [0.15, 0.2) is 11.7 Å². The maximum atomic E-state index is 12.3. The number of non-ortho nitro benzene ring substituents is 1. The molecule has 0 aliphatic heterocycles. The van der Waals surface area contributed by atoms with Gasteiger partial charge in [-0.05, 0) is 42.3 Å². The summed E-state index contributed by atoms with van der Waals surface area (Å²) in [6.45, 7) is 2.66. The highest BCUT2D eigenvalue weighted by Crippen LogP contribution is 2.28. The molecule has 0 spiro atoms. The first-order chi connectivity index (χ1) is 13.6. The van der Waals surface area contributed by atoms with E-state index in [1.165, 1.54) is 11.6 Å². The van der Waals surface area contributed by atoms with Gasteiger partial charge in [-0.2, -0.15) is 13.2 Å². The van der Waals surface area contributed by atoms with Crippen molar-refractivity contribution in [3.8, 4) is 5.75 Å². The van der Waals surface area contributed by atoms with Gasteiger partial charge in [-0.1, -0.05) is 26.0 Å². The third kappa shape index (κ3) is 7.22. The number of benzene rings is 2. The van der Waals surface area contributed by atoms with E-state index in [0.717, 1.165) is 18.6 Å². The van der Waals surface area contributed by atoms with Crippen molar-refractivity contribution >= 4 is 34.4 Å². The molecule has 156 valence electrons. The summed E-state index contributed by atoms with van der Waals surface area (Å²) >= 11 is 5.19. The van der Waals surface area contributed by atoms with Crippen molar-refractivity contribution in [1.29, 1.82) is 0 Å². The molecule has 1 unspecified atom stereocenters. The predicted molar refractivity (Wildman–Crippen MR) is 110 cm³/mol. The topological polar surface area (TPSA) is 76.4 Å². The molecule has 2 aromatic rings. The van der Waals surface area contributed by atoms with E-state index in [0.29, 0.717) is 11.6 Å². The molecule has 0 fully saturated rings. The number of hydrogen-bond acceptors (Lipinski definition) is 4. The third-order valence-electron chi connectivity index (χ3n) is 4.11. The standard InChI is InChI=1S/C19H20F3N3O3S/c1-3-12(2)13-4-6-14(7-5-13)23-18(29)24-15-8-16(25(26)27)10-17(9-15)28-11-19(20,21)22/h4-10,12H,3,11H2,1-2H3,(H2,23,24,29). The van der Waals surface area contributed by atoms with E-state index in [2.05, 4.69) is 29.2 Å². The number of nitrogens with one attached hydrogen (secondary N) is 2. The van der Waals surface area contributed by atoms with E-state index in [9.17, 15) is 23.3 Å². The van der Waals surface area contributed by atoms with Gasteiger partial charge in [0, 0.05) is 17.8 Å². The van der Waals surface area contributed by atoms with Crippen LogP contribution in [0.4, 0.5) is 30.2 Å². The number of nitro groups is 1. The lowest BCUT2D eigenvalue weighted by molar-refractivity contribution is -0.384. The molecule has 10 heteroatoms. The summed E-state index contributed by atoms with van der Waals surface area (Å²) in [5, 5.41) is 16.8. The van der Waals surface area contributed by atoms with Crippen LogP contribution in [0.2, 0.25) is 0 Å². The zero-order valence-electron chi connectivity index (χ0n) is 15.7. The first-order valence-electron chi connectivity index (χ1n) is 8.74. The molecule has 0 aliphatic rings. The fourth-order valence-corrected chi connectivity index (χ4v) is 2.67. The lowest BCUT2D eigenvalue weighted by Crippen LogP contribution is -2.20. The van der Waals surface area contributed by atoms with Crippen LogP contribution in [-0.2, 0) is 0 Å². The SMILES string of the molecule is CCC(C)c1ccc(NC(=S)Nc2cc(OCC(F)(F)F)cc([N+](=O)[O-])c2)cc1. The summed E-state index contributed by atoms with van der Waals surface area (Å²) in [5.41, 5.74) is 1.59. The summed E-state index contributed by atoms with van der Waals surface area (Å²) in [7, 11) is 0. The highest BCUT2D eigenvalue weighted by Gasteiger charge is 2.28. The van der Waals surface area contributed by atoms with Gasteiger partial charge < -0.3 is 15.4 Å². The fourth-order valence-electron chi connectivity index (χ4n) is 2.43. The molecule has 0 saturated carbocycles. The minimum atomic E-state index is -4.56. The Bertz CT molecular complexity index is 873. The van der Waals surface area contributed by atoms with E-state index < -0.39 is 23.4 Å². The van der Waals surface area contributed by atoms with Gasteiger partial charge in [0.2, 0.25) is 0 Å². The molecule has 0 heterocycles. The maximum absolute atomic E-state index is 12.3. The molecule has 1 atom stereocenters. The number of halogens is 3. The van der Waals surface area contributed by atoms with E-state index in [1.54, 1.807) is 0 Å². The maximum Gasteiger partial charge on any atom is 0.422 e. The molecular weight excluding hydrogens is 407 g/mol. The highest BCUT2D eigenvalue weighted by molar-refractivity contribution is 7.80. The number of alkyl halides is 3. The Morgan fingerprint density at radius 1 is 1.17 bits per heavy atom. The Hall–Kier alpha value is -2.88.